The second kappa shape index (κ2) is 3.87. The molecule has 0 saturated heterocycles. The van der Waals surface area contributed by atoms with Crippen LogP contribution in [0.2, 0.25) is 0 Å². The third kappa shape index (κ3) is 2.02. The molecule has 0 aromatic carbocycles. The van der Waals surface area contributed by atoms with Gasteiger partial charge in [-0.15, -0.1) is 0 Å². The summed E-state index contributed by atoms with van der Waals surface area (Å²) in [6.07, 6.45) is 1.60. The van der Waals surface area contributed by atoms with Gasteiger partial charge in [0.15, 0.2) is 0 Å². The zero-order chi connectivity index (χ0) is 12.6. The summed E-state index contributed by atoms with van der Waals surface area (Å²) in [6.45, 7) is 3.94. The van der Waals surface area contributed by atoms with Crippen molar-refractivity contribution >= 4 is 11.9 Å². The number of hydrogen-bond acceptors (Lipinski definition) is 3. The van der Waals surface area contributed by atoms with E-state index >= 15 is 0 Å². The minimum absolute atomic E-state index is 0.211. The number of carboxylic acids is 1. The average molecular weight is 237 g/mol. The first kappa shape index (κ1) is 11.6. The maximum atomic E-state index is 11.8. The molecule has 1 aromatic heterocycles. The molecule has 6 nitrogen and oxygen atoms in total. The van der Waals surface area contributed by atoms with Gasteiger partial charge >= 0.3 is 5.97 Å². The summed E-state index contributed by atoms with van der Waals surface area (Å²) < 4.78 is 0. The van der Waals surface area contributed by atoms with Gasteiger partial charge in [-0.2, -0.15) is 5.10 Å². The molecule has 6 heteroatoms. The van der Waals surface area contributed by atoms with Crippen LogP contribution in [0.3, 0.4) is 0 Å². The number of rotatable bonds is 4. The monoisotopic (exact) mass is 237 g/mol. The second-order valence-electron chi connectivity index (χ2n) is 4.91. The van der Waals surface area contributed by atoms with Crippen LogP contribution in [-0.4, -0.2) is 27.2 Å². The van der Waals surface area contributed by atoms with Crippen molar-refractivity contribution < 1.29 is 14.7 Å². The molecule has 1 aliphatic carbocycles. The molecule has 3 N–H and O–H groups in total. The lowest BCUT2D eigenvalue weighted by molar-refractivity contribution is -0.140. The maximum absolute atomic E-state index is 11.8. The summed E-state index contributed by atoms with van der Waals surface area (Å²) in [5.41, 5.74) is 0.341. The van der Waals surface area contributed by atoms with Crippen molar-refractivity contribution in [3.8, 4) is 0 Å². The molecule has 17 heavy (non-hydrogen) atoms. The standard InChI is InChI=1S/C11H15N3O3/c1-11(2)7(8(11)10(16)17)9(15)12-5-6-3-4-13-14-6/h3-4,7-8H,5H2,1-2H3,(H,12,15)(H,13,14)(H,16,17)/t7-,8+/m1/s1. The molecule has 1 saturated carbocycles. The van der Waals surface area contributed by atoms with E-state index in [0.29, 0.717) is 6.54 Å². The summed E-state index contributed by atoms with van der Waals surface area (Å²) in [6, 6.07) is 1.76. The van der Waals surface area contributed by atoms with E-state index in [1.54, 1.807) is 26.1 Å². The van der Waals surface area contributed by atoms with Gasteiger partial charge in [-0.3, -0.25) is 14.7 Å². The molecular formula is C11H15N3O3. The Labute approximate surface area is 98.4 Å². The third-order valence-corrected chi connectivity index (χ3v) is 3.39. The van der Waals surface area contributed by atoms with Crippen molar-refractivity contribution in [1.82, 2.24) is 15.5 Å². The van der Waals surface area contributed by atoms with Gasteiger partial charge in [0.1, 0.15) is 0 Å². The van der Waals surface area contributed by atoms with Crippen LogP contribution in [-0.2, 0) is 16.1 Å². The van der Waals surface area contributed by atoms with Gasteiger partial charge in [-0.25, -0.2) is 0 Å². The number of nitrogens with one attached hydrogen (secondary N) is 2. The van der Waals surface area contributed by atoms with Gasteiger partial charge in [0, 0.05) is 6.20 Å². The average Bonchev–Trinajstić information content (AvgIpc) is 2.65. The summed E-state index contributed by atoms with van der Waals surface area (Å²) in [4.78, 5) is 22.8. The lowest BCUT2D eigenvalue weighted by atomic mass is 10.1. The Hall–Kier alpha value is -1.85. The van der Waals surface area contributed by atoms with Crippen LogP contribution < -0.4 is 5.32 Å². The molecule has 2 atom stereocenters. The number of carbonyl (C=O) groups excluding carboxylic acids is 1. The van der Waals surface area contributed by atoms with Gasteiger partial charge in [-0.05, 0) is 11.5 Å². The van der Waals surface area contributed by atoms with Crippen molar-refractivity contribution in [3.05, 3.63) is 18.0 Å². The first-order valence-corrected chi connectivity index (χ1v) is 5.43. The SMILES string of the molecule is CC1(C)[C@H](C(=O)O)[C@@H]1C(=O)NCc1ccn[nH]1. The Balaban J connectivity index is 1.92. The predicted molar refractivity (Wildman–Crippen MR) is 58.8 cm³/mol. The van der Waals surface area contributed by atoms with E-state index in [2.05, 4.69) is 15.5 Å². The Morgan fingerprint density at radius 1 is 1.53 bits per heavy atom. The normalized spacial score (nSPS) is 25.3. The molecule has 0 aliphatic heterocycles. The summed E-state index contributed by atoms with van der Waals surface area (Å²) in [5.74, 6) is -2.14. The predicted octanol–water partition coefficient (Wildman–Crippen LogP) is 0.383. The molecule has 1 fully saturated rings. The van der Waals surface area contributed by atoms with E-state index < -0.39 is 23.2 Å². The lowest BCUT2D eigenvalue weighted by Crippen LogP contribution is -2.27. The van der Waals surface area contributed by atoms with Crippen LogP contribution in [0, 0.1) is 17.3 Å². The first-order chi connectivity index (χ1) is 7.94. The lowest BCUT2D eigenvalue weighted by Gasteiger charge is -2.04. The minimum Gasteiger partial charge on any atom is -0.481 e. The molecule has 0 spiro atoms. The zero-order valence-electron chi connectivity index (χ0n) is 9.73. The smallest absolute Gasteiger partial charge is 0.307 e. The van der Waals surface area contributed by atoms with E-state index in [-0.39, 0.29) is 5.91 Å². The van der Waals surface area contributed by atoms with Crippen molar-refractivity contribution in [1.29, 1.82) is 0 Å². The number of carbonyl (C=O) groups is 2. The zero-order valence-corrected chi connectivity index (χ0v) is 9.73. The third-order valence-electron chi connectivity index (χ3n) is 3.39. The molecule has 1 aliphatic rings. The second-order valence-corrected chi connectivity index (χ2v) is 4.91. The molecule has 92 valence electrons. The maximum Gasteiger partial charge on any atom is 0.307 e. The van der Waals surface area contributed by atoms with Gasteiger partial charge in [0.25, 0.3) is 0 Å². The van der Waals surface area contributed by atoms with Crippen LogP contribution in [0.4, 0.5) is 0 Å². The van der Waals surface area contributed by atoms with E-state index in [1.807, 2.05) is 0 Å². The number of aromatic nitrogens is 2. The van der Waals surface area contributed by atoms with Crippen LogP contribution in [0.15, 0.2) is 12.3 Å². The minimum atomic E-state index is -0.906. The summed E-state index contributed by atoms with van der Waals surface area (Å²) >= 11 is 0. The molecule has 0 unspecified atom stereocenters. The molecule has 1 amide bonds. The van der Waals surface area contributed by atoms with E-state index in [1.165, 1.54) is 0 Å². The number of nitrogens with zero attached hydrogens (tertiary/aromatic N) is 1. The molecule has 1 aromatic rings. The quantitative estimate of drug-likeness (QED) is 0.705. The largest absolute Gasteiger partial charge is 0.481 e. The summed E-state index contributed by atoms with van der Waals surface area (Å²) in [7, 11) is 0. The number of hydrogen-bond donors (Lipinski definition) is 3. The van der Waals surface area contributed by atoms with Crippen LogP contribution in [0.25, 0.3) is 0 Å². The fourth-order valence-corrected chi connectivity index (χ4v) is 2.26. The molecule has 0 radical (unpaired) electrons. The number of carboxylic acid groups (broad SMARTS) is 1. The van der Waals surface area contributed by atoms with E-state index in [0.717, 1.165) is 5.69 Å². The van der Waals surface area contributed by atoms with E-state index in [4.69, 9.17) is 5.11 Å². The van der Waals surface area contributed by atoms with Gasteiger partial charge in [-0.1, -0.05) is 13.8 Å². The van der Waals surface area contributed by atoms with Crippen molar-refractivity contribution in [3.63, 3.8) is 0 Å². The van der Waals surface area contributed by atoms with Crippen molar-refractivity contribution in [2.45, 2.75) is 20.4 Å². The topological polar surface area (TPSA) is 95.1 Å². The Kier molecular flexibility index (Phi) is 2.65. The fraction of sp³-hybridized carbons (Fsp3) is 0.545. The summed E-state index contributed by atoms with van der Waals surface area (Å²) in [5, 5.41) is 18.2. The molecule has 0 bridgehead atoms. The molecule has 2 rings (SSSR count). The number of amides is 1. The van der Waals surface area contributed by atoms with Gasteiger partial charge < -0.3 is 10.4 Å². The van der Waals surface area contributed by atoms with Crippen molar-refractivity contribution in [2.24, 2.45) is 17.3 Å². The first-order valence-electron chi connectivity index (χ1n) is 5.43. The molecule has 1 heterocycles. The van der Waals surface area contributed by atoms with Crippen LogP contribution in [0.5, 0.6) is 0 Å². The van der Waals surface area contributed by atoms with Crippen LogP contribution >= 0.6 is 0 Å². The molecular weight excluding hydrogens is 222 g/mol. The fourth-order valence-electron chi connectivity index (χ4n) is 2.26. The number of aliphatic carboxylic acids is 1. The highest BCUT2D eigenvalue weighted by Gasteiger charge is 2.65. The highest BCUT2D eigenvalue weighted by molar-refractivity contribution is 5.91. The Morgan fingerprint density at radius 3 is 2.71 bits per heavy atom. The highest BCUT2D eigenvalue weighted by Crippen LogP contribution is 2.58. The highest BCUT2D eigenvalue weighted by atomic mass is 16.4. The van der Waals surface area contributed by atoms with E-state index in [9.17, 15) is 9.59 Å². The Morgan fingerprint density at radius 2 is 2.24 bits per heavy atom. The van der Waals surface area contributed by atoms with Gasteiger partial charge in [0.05, 0.1) is 24.1 Å². The van der Waals surface area contributed by atoms with Crippen molar-refractivity contribution in [2.75, 3.05) is 0 Å². The number of aromatic amines is 1. The number of H-pyrrole nitrogens is 1. The van der Waals surface area contributed by atoms with Gasteiger partial charge in [0.2, 0.25) is 5.91 Å². The Bertz CT molecular complexity index is 439. The van der Waals surface area contributed by atoms with Crippen LogP contribution in [0.1, 0.15) is 19.5 Å².